The molecule has 0 fully saturated rings. The van der Waals surface area contributed by atoms with Crippen molar-refractivity contribution in [1.29, 1.82) is 0 Å². The van der Waals surface area contributed by atoms with Crippen molar-refractivity contribution in [2.24, 2.45) is 5.92 Å². The molecule has 1 aliphatic rings. The van der Waals surface area contributed by atoms with Crippen LogP contribution in [0.4, 0.5) is 0 Å². The van der Waals surface area contributed by atoms with Gasteiger partial charge in [0.2, 0.25) is 0 Å². The van der Waals surface area contributed by atoms with Crippen LogP contribution in [-0.2, 0) is 4.79 Å². The van der Waals surface area contributed by atoms with Gasteiger partial charge in [-0.05, 0) is 36.8 Å². The highest BCUT2D eigenvalue weighted by atomic mass is 16.1. The molecule has 0 heterocycles. The van der Waals surface area contributed by atoms with Crippen molar-refractivity contribution in [3.63, 3.8) is 0 Å². The van der Waals surface area contributed by atoms with Gasteiger partial charge in [-0.2, -0.15) is 0 Å². The number of allylic oxidation sites excluding steroid dienone is 4. The van der Waals surface area contributed by atoms with Crippen LogP contribution in [0, 0.1) is 5.92 Å². The van der Waals surface area contributed by atoms with Crippen LogP contribution in [0.1, 0.15) is 26.7 Å². The maximum absolute atomic E-state index is 10.4. The van der Waals surface area contributed by atoms with E-state index in [0.29, 0.717) is 5.92 Å². The highest BCUT2D eigenvalue weighted by molar-refractivity contribution is 5.74. The zero-order chi connectivity index (χ0) is 8.27. The predicted octanol–water partition coefficient (Wildman–Crippen LogP) is 2.49. The SMILES string of the molecule is C/C(C=O)=C1/C=C[C@H](C)CC1. The van der Waals surface area contributed by atoms with E-state index in [4.69, 9.17) is 0 Å². The van der Waals surface area contributed by atoms with Crippen LogP contribution in [0.3, 0.4) is 0 Å². The van der Waals surface area contributed by atoms with Crippen molar-refractivity contribution >= 4 is 6.29 Å². The molecule has 1 atom stereocenters. The van der Waals surface area contributed by atoms with Gasteiger partial charge in [0, 0.05) is 0 Å². The zero-order valence-corrected chi connectivity index (χ0v) is 7.13. The quantitative estimate of drug-likeness (QED) is 0.414. The van der Waals surface area contributed by atoms with Gasteiger partial charge in [-0.3, -0.25) is 4.79 Å². The molecule has 0 spiro atoms. The fourth-order valence-corrected chi connectivity index (χ4v) is 1.25. The Hall–Kier alpha value is -0.850. The molecular formula is C10H14O. The molecule has 0 bridgehead atoms. The maximum Gasteiger partial charge on any atom is 0.146 e. The van der Waals surface area contributed by atoms with Gasteiger partial charge in [0.25, 0.3) is 0 Å². The summed E-state index contributed by atoms with van der Waals surface area (Å²) < 4.78 is 0. The summed E-state index contributed by atoms with van der Waals surface area (Å²) in [5, 5.41) is 0. The van der Waals surface area contributed by atoms with E-state index in [-0.39, 0.29) is 0 Å². The molecule has 60 valence electrons. The summed E-state index contributed by atoms with van der Waals surface area (Å²) in [5.74, 6) is 0.679. The van der Waals surface area contributed by atoms with Gasteiger partial charge in [-0.1, -0.05) is 19.1 Å². The molecule has 0 aromatic heterocycles. The molecule has 0 saturated carbocycles. The number of aldehydes is 1. The fourth-order valence-electron chi connectivity index (χ4n) is 1.25. The summed E-state index contributed by atoms with van der Waals surface area (Å²) in [6.07, 6.45) is 7.43. The Morgan fingerprint density at radius 2 is 2.45 bits per heavy atom. The Bertz CT molecular complexity index is 211. The van der Waals surface area contributed by atoms with E-state index >= 15 is 0 Å². The summed E-state index contributed by atoms with van der Waals surface area (Å²) in [7, 11) is 0. The molecule has 0 amide bonds. The Balaban J connectivity index is 2.78. The lowest BCUT2D eigenvalue weighted by Gasteiger charge is -2.14. The summed E-state index contributed by atoms with van der Waals surface area (Å²) in [6.45, 7) is 4.08. The fraction of sp³-hybridized carbons (Fsp3) is 0.500. The van der Waals surface area contributed by atoms with E-state index in [1.54, 1.807) is 0 Å². The van der Waals surface area contributed by atoms with Crippen LogP contribution in [0.5, 0.6) is 0 Å². The normalized spacial score (nSPS) is 28.4. The van der Waals surface area contributed by atoms with Crippen LogP contribution in [0.25, 0.3) is 0 Å². The van der Waals surface area contributed by atoms with Crippen molar-refractivity contribution in [2.45, 2.75) is 26.7 Å². The second kappa shape index (κ2) is 3.51. The maximum atomic E-state index is 10.4. The van der Waals surface area contributed by atoms with E-state index in [1.165, 1.54) is 12.0 Å². The van der Waals surface area contributed by atoms with Gasteiger partial charge < -0.3 is 0 Å². The van der Waals surface area contributed by atoms with Gasteiger partial charge in [-0.25, -0.2) is 0 Å². The van der Waals surface area contributed by atoms with E-state index in [9.17, 15) is 4.79 Å². The zero-order valence-electron chi connectivity index (χ0n) is 7.13. The molecule has 1 aliphatic carbocycles. The number of hydrogen-bond acceptors (Lipinski definition) is 1. The molecule has 0 unspecified atom stereocenters. The molecule has 0 aromatic rings. The lowest BCUT2D eigenvalue weighted by molar-refractivity contribution is -0.104. The van der Waals surface area contributed by atoms with E-state index in [1.807, 2.05) is 6.92 Å². The number of rotatable bonds is 1. The lowest BCUT2D eigenvalue weighted by atomic mass is 9.92. The monoisotopic (exact) mass is 150 g/mol. The van der Waals surface area contributed by atoms with Crippen LogP contribution >= 0.6 is 0 Å². The van der Waals surface area contributed by atoms with Crippen LogP contribution in [0.2, 0.25) is 0 Å². The van der Waals surface area contributed by atoms with Crippen molar-refractivity contribution in [2.75, 3.05) is 0 Å². The highest BCUT2D eigenvalue weighted by Gasteiger charge is 2.07. The third-order valence-corrected chi connectivity index (χ3v) is 2.18. The van der Waals surface area contributed by atoms with Crippen molar-refractivity contribution in [3.05, 3.63) is 23.3 Å². The molecule has 1 rings (SSSR count). The Kier molecular flexibility index (Phi) is 2.64. The first-order chi connectivity index (χ1) is 5.24. The third-order valence-electron chi connectivity index (χ3n) is 2.18. The van der Waals surface area contributed by atoms with Crippen LogP contribution in [-0.4, -0.2) is 6.29 Å². The van der Waals surface area contributed by atoms with E-state index < -0.39 is 0 Å². The summed E-state index contributed by atoms with van der Waals surface area (Å²) in [6, 6.07) is 0. The van der Waals surface area contributed by atoms with Crippen LogP contribution in [0.15, 0.2) is 23.3 Å². The second-order valence-corrected chi connectivity index (χ2v) is 3.20. The average Bonchev–Trinajstić information content (AvgIpc) is 2.05. The molecule has 0 radical (unpaired) electrons. The number of hydrogen-bond donors (Lipinski definition) is 0. The van der Waals surface area contributed by atoms with Crippen LogP contribution < -0.4 is 0 Å². The summed E-state index contributed by atoms with van der Waals surface area (Å²) >= 11 is 0. The first kappa shape index (κ1) is 8.25. The average molecular weight is 150 g/mol. The summed E-state index contributed by atoms with van der Waals surface area (Å²) in [4.78, 5) is 10.4. The van der Waals surface area contributed by atoms with Gasteiger partial charge in [0.1, 0.15) is 6.29 Å². The molecular weight excluding hydrogens is 136 g/mol. The van der Waals surface area contributed by atoms with Gasteiger partial charge in [0.15, 0.2) is 0 Å². The molecule has 0 saturated heterocycles. The first-order valence-corrected chi connectivity index (χ1v) is 4.07. The second-order valence-electron chi connectivity index (χ2n) is 3.20. The molecule has 11 heavy (non-hydrogen) atoms. The topological polar surface area (TPSA) is 17.1 Å². The molecule has 0 aromatic carbocycles. The number of carbonyl (C=O) groups is 1. The Morgan fingerprint density at radius 1 is 1.73 bits per heavy atom. The molecule has 1 heteroatoms. The first-order valence-electron chi connectivity index (χ1n) is 4.07. The minimum absolute atomic E-state index is 0.679. The Morgan fingerprint density at radius 3 is 2.91 bits per heavy atom. The van der Waals surface area contributed by atoms with Crippen molar-refractivity contribution < 1.29 is 4.79 Å². The van der Waals surface area contributed by atoms with Crippen molar-refractivity contribution in [3.8, 4) is 0 Å². The standard InChI is InChI=1S/C10H14O/c1-8-3-5-10(6-4-8)9(2)7-11/h3,5,7-8H,4,6H2,1-2H3/b10-9+/t8-/m0/s1. The molecule has 1 nitrogen and oxygen atoms in total. The predicted molar refractivity (Wildman–Crippen MR) is 46.3 cm³/mol. The Labute approximate surface area is 67.8 Å². The van der Waals surface area contributed by atoms with E-state index in [0.717, 1.165) is 18.3 Å². The minimum atomic E-state index is 0.679. The lowest BCUT2D eigenvalue weighted by Crippen LogP contribution is -1.99. The minimum Gasteiger partial charge on any atom is -0.298 e. The van der Waals surface area contributed by atoms with Gasteiger partial charge in [-0.15, -0.1) is 0 Å². The smallest absolute Gasteiger partial charge is 0.146 e. The largest absolute Gasteiger partial charge is 0.298 e. The van der Waals surface area contributed by atoms with E-state index in [2.05, 4.69) is 19.1 Å². The third kappa shape index (κ3) is 2.04. The highest BCUT2D eigenvalue weighted by Crippen LogP contribution is 2.22. The van der Waals surface area contributed by atoms with Gasteiger partial charge >= 0.3 is 0 Å². The van der Waals surface area contributed by atoms with Crippen molar-refractivity contribution in [1.82, 2.24) is 0 Å². The molecule has 0 aliphatic heterocycles. The molecule has 0 N–H and O–H groups in total. The van der Waals surface area contributed by atoms with Gasteiger partial charge in [0.05, 0.1) is 0 Å². The number of carbonyl (C=O) groups excluding carboxylic acids is 1. The summed E-state index contributed by atoms with van der Waals surface area (Å²) in [5.41, 5.74) is 2.09.